The summed E-state index contributed by atoms with van der Waals surface area (Å²) in [6.07, 6.45) is 0. The van der Waals surface area contributed by atoms with Gasteiger partial charge in [0, 0.05) is 0 Å². The van der Waals surface area contributed by atoms with Crippen molar-refractivity contribution in [3.05, 3.63) is 10.1 Å². The van der Waals surface area contributed by atoms with E-state index in [0.717, 1.165) is 0 Å². The number of rotatable bonds is 0. The molecule has 0 fully saturated rings. The average Bonchev–Trinajstić information content (AvgIpc) is 1.41. The Balaban J connectivity index is 0. The van der Waals surface area contributed by atoms with E-state index >= 15 is 0 Å². The second-order valence-corrected chi connectivity index (χ2v) is 0.238. The van der Waals surface area contributed by atoms with Crippen LogP contribution in [0.1, 0.15) is 0 Å². The Morgan fingerprint density at radius 2 is 1.67 bits per heavy atom. The summed E-state index contributed by atoms with van der Waals surface area (Å²) in [5.41, 5.74) is 0. The van der Waals surface area contributed by atoms with Gasteiger partial charge in [-0.2, -0.15) is 0 Å². The van der Waals surface area contributed by atoms with Gasteiger partial charge in [-0.1, -0.05) is 0 Å². The van der Waals surface area contributed by atoms with Gasteiger partial charge in [0.05, 0.1) is 0 Å². The second kappa shape index (κ2) is 8.86. The Morgan fingerprint density at radius 3 is 1.67 bits per heavy atom. The van der Waals surface area contributed by atoms with Crippen LogP contribution in [0, 0.1) is 10.1 Å². The Kier molecular flexibility index (Phi) is 13.7. The summed E-state index contributed by atoms with van der Waals surface area (Å²) < 4.78 is 8.36. The summed E-state index contributed by atoms with van der Waals surface area (Å²) in [5, 5.41) is 13.6. The Labute approximate surface area is 48.4 Å². The number of hydrogen-bond acceptors (Lipinski definition) is 3. The van der Waals surface area contributed by atoms with Crippen LogP contribution < -0.4 is 0 Å². The van der Waals surface area contributed by atoms with Crippen LogP contribution in [-0.4, -0.2) is 35.0 Å². The topological polar surface area (TPSA) is 80.4 Å². The summed E-state index contributed by atoms with van der Waals surface area (Å²) in [7, 11) is 0. The average molecular weight is 288 g/mol. The molecule has 0 atom stereocenters. The fourth-order valence-corrected chi connectivity index (χ4v) is 0. The van der Waals surface area contributed by atoms with E-state index in [-0.39, 0.29) is 24.7 Å². The molecule has 1 radical (unpaired) electrons. The van der Waals surface area contributed by atoms with Crippen LogP contribution in [0.4, 0.5) is 0 Å². The van der Waals surface area contributed by atoms with Gasteiger partial charge in [0.15, 0.2) is 0 Å². The minimum absolute atomic E-state index is 0.194. The molecular formula is HBiNO4. The summed E-state index contributed by atoms with van der Waals surface area (Å²) in [5.74, 6) is 0. The maximum absolute atomic E-state index is 8.36. The van der Waals surface area contributed by atoms with Crippen LogP contribution in [0.3, 0.4) is 0 Å². The van der Waals surface area contributed by atoms with E-state index in [2.05, 4.69) is 0 Å². The standard InChI is InChI=1S/Bi.HNO3.O/c;2-1(3)4;/h;(H,2,3,4);. The minimum atomic E-state index is -1.50. The predicted octanol–water partition coefficient (Wildman–Crippen LogP) is -0.847. The molecule has 0 aliphatic carbocycles. The van der Waals surface area contributed by atoms with Gasteiger partial charge in [-0.05, 0) is 0 Å². The predicted molar refractivity (Wildman–Crippen MR) is 15.2 cm³/mol. The molecule has 0 amide bonds. The van der Waals surface area contributed by atoms with Gasteiger partial charge in [-0.3, -0.25) is 0 Å². The van der Waals surface area contributed by atoms with Crippen LogP contribution in [0.2, 0.25) is 0 Å². The molecule has 35 valence electrons. The maximum atomic E-state index is 8.36. The summed E-state index contributed by atoms with van der Waals surface area (Å²) in [6, 6.07) is 0. The summed E-state index contributed by atoms with van der Waals surface area (Å²) in [6.45, 7) is 0. The van der Waals surface area contributed by atoms with E-state index in [1.165, 1.54) is 0 Å². The van der Waals surface area contributed by atoms with Gasteiger partial charge in [0.1, 0.15) is 0 Å². The molecule has 6 heavy (non-hydrogen) atoms. The molecule has 6 heteroatoms. The molecule has 0 aliphatic rings. The van der Waals surface area contributed by atoms with E-state index < -0.39 is 5.09 Å². The van der Waals surface area contributed by atoms with Crippen molar-refractivity contribution in [3.63, 3.8) is 0 Å². The Hall–Kier alpha value is -0.117. The monoisotopic (exact) mass is 288 g/mol. The molecule has 0 unspecified atom stereocenters. The van der Waals surface area contributed by atoms with Crippen molar-refractivity contribution in [1.82, 2.24) is 0 Å². The number of nitrogens with zero attached hydrogens (tertiary/aromatic N) is 1. The zero-order chi connectivity index (χ0) is 5.58. The zero-order valence-corrected chi connectivity index (χ0v) is 6.04. The Morgan fingerprint density at radius 1 is 1.67 bits per heavy atom. The Bertz CT molecular complexity index is 38.8. The second-order valence-electron chi connectivity index (χ2n) is 0.238. The van der Waals surface area contributed by atoms with Gasteiger partial charge >= 0.3 is 27.5 Å². The van der Waals surface area contributed by atoms with Crippen molar-refractivity contribution in [2.24, 2.45) is 0 Å². The molecule has 0 rings (SSSR count). The van der Waals surface area contributed by atoms with E-state index in [1.807, 2.05) is 0 Å². The number of hydrogen-bond donors (Lipinski definition) is 1. The SMILES string of the molecule is O=[N+]([O-])O.[O]=[Bi]. The molecule has 0 bridgehead atoms. The van der Waals surface area contributed by atoms with Crippen molar-refractivity contribution in [3.8, 4) is 0 Å². The van der Waals surface area contributed by atoms with Crippen LogP contribution in [0.25, 0.3) is 0 Å². The van der Waals surface area contributed by atoms with Crippen LogP contribution in [0.15, 0.2) is 0 Å². The first-order valence-electron chi connectivity index (χ1n) is 0.748. The normalized spacial score (nSPS) is 4.67. The molecule has 0 heterocycles. The molecule has 0 aliphatic heterocycles. The van der Waals surface area contributed by atoms with E-state index in [4.69, 9.17) is 18.1 Å². The first-order valence-corrected chi connectivity index (χ1v) is 2.17. The third-order valence-electron chi connectivity index (χ3n) is 0. The first-order chi connectivity index (χ1) is 2.73. The molecule has 1 N–H and O–H groups in total. The van der Waals surface area contributed by atoms with E-state index in [9.17, 15) is 0 Å². The fourth-order valence-electron chi connectivity index (χ4n) is 0. The van der Waals surface area contributed by atoms with Crippen molar-refractivity contribution >= 4 is 24.7 Å². The molecule has 0 spiro atoms. The van der Waals surface area contributed by atoms with Crippen LogP contribution >= 0.6 is 0 Å². The molecule has 5 nitrogen and oxygen atoms in total. The molecule has 0 aromatic heterocycles. The van der Waals surface area contributed by atoms with Crippen molar-refractivity contribution in [1.29, 1.82) is 0 Å². The van der Waals surface area contributed by atoms with Crippen molar-refractivity contribution < 1.29 is 13.1 Å². The molecular weight excluding hydrogens is 287 g/mol. The van der Waals surface area contributed by atoms with Gasteiger partial charge in [-0.25, -0.2) is 0 Å². The van der Waals surface area contributed by atoms with Crippen molar-refractivity contribution in [2.75, 3.05) is 0 Å². The molecule has 0 saturated carbocycles. The molecule has 0 aromatic carbocycles. The van der Waals surface area contributed by atoms with Crippen molar-refractivity contribution in [2.45, 2.75) is 0 Å². The van der Waals surface area contributed by atoms with Gasteiger partial charge in [0.2, 0.25) is 0 Å². The quantitative estimate of drug-likeness (QED) is 0.358. The summed E-state index contributed by atoms with van der Waals surface area (Å²) in [4.78, 5) is 8.36. The van der Waals surface area contributed by atoms with E-state index in [1.54, 1.807) is 0 Å². The molecule has 0 saturated heterocycles. The fraction of sp³-hybridized carbons (Fsp3) is 0. The summed E-state index contributed by atoms with van der Waals surface area (Å²) >= 11 is 0.194. The third kappa shape index (κ3) is 2360. The van der Waals surface area contributed by atoms with E-state index in [0.29, 0.717) is 0 Å². The zero-order valence-electron chi connectivity index (χ0n) is 2.57. The third-order valence-corrected chi connectivity index (χ3v) is 0. The molecule has 0 aromatic rings. The van der Waals surface area contributed by atoms with Crippen LogP contribution in [0.5, 0.6) is 0 Å². The first kappa shape index (κ1) is 9.30. The van der Waals surface area contributed by atoms with Crippen LogP contribution in [-0.2, 0) is 2.81 Å². The van der Waals surface area contributed by atoms with Gasteiger partial charge < -0.3 is 5.21 Å². The van der Waals surface area contributed by atoms with Gasteiger partial charge in [-0.15, -0.1) is 10.1 Å². The van der Waals surface area contributed by atoms with Gasteiger partial charge in [0.25, 0.3) is 5.09 Å².